The Hall–Kier alpha value is -3.03. The summed E-state index contributed by atoms with van der Waals surface area (Å²) in [6.07, 6.45) is 3.73. The monoisotopic (exact) mass is 425 g/mol. The van der Waals surface area contributed by atoms with Gasteiger partial charge in [-0.1, -0.05) is 0 Å². The lowest BCUT2D eigenvalue weighted by molar-refractivity contribution is 0.0745. The smallest absolute Gasteiger partial charge is 0.254 e. The SMILES string of the molecule is COc1ccc(C(=O)N2CCN(c3nc(C)cc(N4CCCCC4)n3)CC2)cc1OC. The van der Waals surface area contributed by atoms with E-state index in [2.05, 4.69) is 20.9 Å². The molecule has 2 aromatic rings. The molecule has 0 aliphatic carbocycles. The van der Waals surface area contributed by atoms with Gasteiger partial charge in [0.15, 0.2) is 11.5 Å². The molecule has 0 atom stereocenters. The fourth-order valence-corrected chi connectivity index (χ4v) is 4.22. The molecule has 1 aromatic carbocycles. The van der Waals surface area contributed by atoms with Crippen molar-refractivity contribution in [2.75, 3.05) is 63.3 Å². The number of hydrogen-bond acceptors (Lipinski definition) is 7. The quantitative estimate of drug-likeness (QED) is 0.729. The van der Waals surface area contributed by atoms with Gasteiger partial charge in [0.05, 0.1) is 14.2 Å². The number of aryl methyl sites for hydroxylation is 1. The number of carbonyl (C=O) groups is 1. The average molecular weight is 426 g/mol. The molecule has 2 saturated heterocycles. The Balaban J connectivity index is 1.43. The number of methoxy groups -OCH3 is 2. The van der Waals surface area contributed by atoms with Crippen LogP contribution in [0.3, 0.4) is 0 Å². The predicted molar refractivity (Wildman–Crippen MR) is 120 cm³/mol. The minimum absolute atomic E-state index is 0.000213. The number of hydrogen-bond donors (Lipinski definition) is 0. The van der Waals surface area contributed by atoms with Gasteiger partial charge in [-0.15, -0.1) is 0 Å². The highest BCUT2D eigenvalue weighted by Crippen LogP contribution is 2.28. The van der Waals surface area contributed by atoms with Gasteiger partial charge in [0.1, 0.15) is 5.82 Å². The number of nitrogens with zero attached hydrogens (tertiary/aromatic N) is 5. The minimum Gasteiger partial charge on any atom is -0.493 e. The van der Waals surface area contributed by atoms with Crippen molar-refractivity contribution in [1.82, 2.24) is 14.9 Å². The van der Waals surface area contributed by atoms with Gasteiger partial charge in [-0.25, -0.2) is 4.98 Å². The molecule has 8 heteroatoms. The van der Waals surface area contributed by atoms with Gasteiger partial charge in [0.25, 0.3) is 5.91 Å². The number of benzene rings is 1. The Morgan fingerprint density at radius 3 is 2.23 bits per heavy atom. The average Bonchev–Trinajstić information content (AvgIpc) is 2.83. The number of rotatable bonds is 5. The van der Waals surface area contributed by atoms with Crippen molar-refractivity contribution in [1.29, 1.82) is 0 Å². The minimum atomic E-state index is -0.000213. The van der Waals surface area contributed by atoms with Gasteiger partial charge in [-0.3, -0.25) is 4.79 Å². The van der Waals surface area contributed by atoms with Gasteiger partial charge in [-0.2, -0.15) is 4.98 Å². The second-order valence-corrected chi connectivity index (χ2v) is 8.06. The maximum atomic E-state index is 13.0. The summed E-state index contributed by atoms with van der Waals surface area (Å²) in [5.41, 5.74) is 1.58. The lowest BCUT2D eigenvalue weighted by Crippen LogP contribution is -2.49. The number of amides is 1. The molecule has 2 aliphatic rings. The van der Waals surface area contributed by atoms with Crippen molar-refractivity contribution < 1.29 is 14.3 Å². The third kappa shape index (κ3) is 4.68. The maximum Gasteiger partial charge on any atom is 0.254 e. The van der Waals surface area contributed by atoms with E-state index in [1.165, 1.54) is 19.3 Å². The molecule has 2 aliphatic heterocycles. The first-order valence-electron chi connectivity index (χ1n) is 11.0. The number of piperidine rings is 1. The van der Waals surface area contributed by atoms with Crippen LogP contribution in [-0.2, 0) is 0 Å². The van der Waals surface area contributed by atoms with E-state index in [0.29, 0.717) is 43.2 Å². The van der Waals surface area contributed by atoms with Crippen molar-refractivity contribution in [3.05, 3.63) is 35.5 Å². The van der Waals surface area contributed by atoms with Crippen molar-refractivity contribution >= 4 is 17.7 Å². The number of aromatic nitrogens is 2. The van der Waals surface area contributed by atoms with E-state index >= 15 is 0 Å². The molecule has 4 rings (SSSR count). The first kappa shape index (κ1) is 21.2. The van der Waals surface area contributed by atoms with Gasteiger partial charge in [0.2, 0.25) is 5.95 Å². The molecule has 0 N–H and O–H groups in total. The molecule has 2 fully saturated rings. The summed E-state index contributed by atoms with van der Waals surface area (Å²) in [4.78, 5) is 28.9. The standard InChI is InChI=1S/C23H31N5O3/c1-17-15-21(26-9-5-4-6-10-26)25-23(24-17)28-13-11-27(12-14-28)22(29)18-7-8-19(30-2)20(16-18)31-3/h7-8,15-16H,4-6,9-14H2,1-3H3. The lowest BCUT2D eigenvalue weighted by Gasteiger charge is -2.35. The topological polar surface area (TPSA) is 71.0 Å². The number of piperazine rings is 1. The summed E-state index contributed by atoms with van der Waals surface area (Å²) in [5.74, 6) is 2.96. The van der Waals surface area contributed by atoms with Crippen molar-refractivity contribution in [2.24, 2.45) is 0 Å². The summed E-state index contributed by atoms with van der Waals surface area (Å²) in [5, 5.41) is 0. The van der Waals surface area contributed by atoms with Crippen LogP contribution in [0.1, 0.15) is 35.3 Å². The zero-order valence-corrected chi connectivity index (χ0v) is 18.6. The molecular formula is C23H31N5O3. The fourth-order valence-electron chi connectivity index (χ4n) is 4.22. The summed E-state index contributed by atoms with van der Waals surface area (Å²) in [6, 6.07) is 7.36. The number of ether oxygens (including phenoxy) is 2. The van der Waals surface area contributed by atoms with Crippen LogP contribution >= 0.6 is 0 Å². The molecule has 1 amide bonds. The Bertz CT molecular complexity index is 921. The van der Waals surface area contributed by atoms with Crippen LogP contribution in [-0.4, -0.2) is 74.3 Å². The van der Waals surface area contributed by atoms with Gasteiger partial charge in [-0.05, 0) is 44.4 Å². The van der Waals surface area contributed by atoms with Crippen LogP contribution in [0.4, 0.5) is 11.8 Å². The third-order valence-electron chi connectivity index (χ3n) is 5.99. The Kier molecular flexibility index (Phi) is 6.44. The lowest BCUT2D eigenvalue weighted by atomic mass is 10.1. The van der Waals surface area contributed by atoms with Crippen molar-refractivity contribution in [3.63, 3.8) is 0 Å². The van der Waals surface area contributed by atoms with E-state index < -0.39 is 0 Å². The molecule has 3 heterocycles. The fraction of sp³-hybridized carbons (Fsp3) is 0.522. The van der Waals surface area contributed by atoms with Crippen LogP contribution in [0.2, 0.25) is 0 Å². The van der Waals surface area contributed by atoms with Crippen molar-refractivity contribution in [3.8, 4) is 11.5 Å². The second-order valence-electron chi connectivity index (χ2n) is 8.06. The highest BCUT2D eigenvalue weighted by molar-refractivity contribution is 5.95. The van der Waals surface area contributed by atoms with E-state index in [1.54, 1.807) is 32.4 Å². The zero-order chi connectivity index (χ0) is 21.8. The van der Waals surface area contributed by atoms with Crippen LogP contribution in [0.15, 0.2) is 24.3 Å². The second kappa shape index (κ2) is 9.41. The third-order valence-corrected chi connectivity index (χ3v) is 5.99. The summed E-state index contributed by atoms with van der Waals surface area (Å²) >= 11 is 0. The normalized spacial score (nSPS) is 16.9. The molecule has 0 bridgehead atoms. The molecule has 0 saturated carbocycles. The molecule has 1 aromatic heterocycles. The summed E-state index contributed by atoms with van der Waals surface area (Å²) < 4.78 is 10.6. The molecule has 0 spiro atoms. The number of carbonyl (C=O) groups excluding carboxylic acids is 1. The summed E-state index contributed by atoms with van der Waals surface area (Å²) in [7, 11) is 3.16. The number of anilines is 2. The highest BCUT2D eigenvalue weighted by Gasteiger charge is 2.25. The van der Waals surface area contributed by atoms with Crippen LogP contribution in [0.25, 0.3) is 0 Å². The molecule has 31 heavy (non-hydrogen) atoms. The van der Waals surface area contributed by atoms with Crippen LogP contribution in [0.5, 0.6) is 11.5 Å². The Morgan fingerprint density at radius 1 is 0.839 bits per heavy atom. The Morgan fingerprint density at radius 2 is 1.55 bits per heavy atom. The van der Waals surface area contributed by atoms with Gasteiger partial charge >= 0.3 is 0 Å². The first-order chi connectivity index (χ1) is 15.1. The van der Waals surface area contributed by atoms with E-state index in [0.717, 1.165) is 30.5 Å². The largest absolute Gasteiger partial charge is 0.493 e. The molecule has 8 nitrogen and oxygen atoms in total. The van der Waals surface area contributed by atoms with E-state index in [4.69, 9.17) is 14.5 Å². The van der Waals surface area contributed by atoms with Gasteiger partial charge in [0, 0.05) is 56.6 Å². The van der Waals surface area contributed by atoms with Crippen LogP contribution in [0, 0.1) is 6.92 Å². The van der Waals surface area contributed by atoms with E-state index in [9.17, 15) is 4.79 Å². The van der Waals surface area contributed by atoms with E-state index in [-0.39, 0.29) is 5.91 Å². The first-order valence-corrected chi connectivity index (χ1v) is 11.0. The highest BCUT2D eigenvalue weighted by atomic mass is 16.5. The van der Waals surface area contributed by atoms with Gasteiger partial charge < -0.3 is 24.2 Å². The predicted octanol–water partition coefficient (Wildman–Crippen LogP) is 2.75. The van der Waals surface area contributed by atoms with Crippen LogP contribution < -0.4 is 19.3 Å². The zero-order valence-electron chi connectivity index (χ0n) is 18.6. The molecule has 166 valence electrons. The molecular weight excluding hydrogens is 394 g/mol. The molecule has 0 unspecified atom stereocenters. The Labute approximate surface area is 183 Å². The summed E-state index contributed by atoms with van der Waals surface area (Å²) in [6.45, 7) is 6.82. The van der Waals surface area contributed by atoms with E-state index in [1.807, 2.05) is 11.8 Å². The maximum absolute atomic E-state index is 13.0. The van der Waals surface area contributed by atoms with Crippen molar-refractivity contribution in [2.45, 2.75) is 26.2 Å². The molecule has 0 radical (unpaired) electrons.